The molecule has 12 heteroatoms. The maximum absolute atomic E-state index is 11.4. The van der Waals surface area contributed by atoms with Gasteiger partial charge in [0.05, 0.1) is 11.4 Å². The molecule has 0 aliphatic heterocycles. The molecule has 0 bridgehead atoms. The Hall–Kier alpha value is -6.94. The predicted octanol–water partition coefficient (Wildman–Crippen LogP) is 12.7. The number of aromatic nitrogens is 4. The fourth-order valence-electron chi connectivity index (χ4n) is 5.99. The summed E-state index contributed by atoms with van der Waals surface area (Å²) >= 11 is 0. The molecule has 74 heavy (non-hydrogen) atoms. The van der Waals surface area contributed by atoms with Gasteiger partial charge in [0, 0.05) is 62.0 Å². The summed E-state index contributed by atoms with van der Waals surface area (Å²) in [5.41, 5.74) is 7.99. The zero-order valence-corrected chi connectivity index (χ0v) is 46.4. The molecule has 0 aliphatic carbocycles. The van der Waals surface area contributed by atoms with Gasteiger partial charge in [0.25, 0.3) is 0 Å². The maximum atomic E-state index is 11.4. The van der Waals surface area contributed by atoms with Crippen molar-refractivity contribution in [3.63, 3.8) is 0 Å². The molecule has 0 N–H and O–H groups in total. The van der Waals surface area contributed by atoms with Crippen molar-refractivity contribution >= 4 is 23.8 Å². The Morgan fingerprint density at radius 2 is 0.500 bits per heavy atom. The van der Waals surface area contributed by atoms with Crippen LogP contribution in [0.15, 0.2) is 205 Å². The van der Waals surface area contributed by atoms with Crippen LogP contribution in [0.3, 0.4) is 0 Å². The fraction of sp³-hybridized carbons (Fsp3) is 0.258. The molecule has 0 saturated carbocycles. The third kappa shape index (κ3) is 25.1. The van der Waals surface area contributed by atoms with E-state index >= 15 is 0 Å². The zero-order valence-electron chi connectivity index (χ0n) is 44.5. The third-order valence-electron chi connectivity index (χ3n) is 10.4. The largest absolute Gasteiger partial charge is 2.00 e. The molecule has 0 spiro atoms. The van der Waals surface area contributed by atoms with Crippen molar-refractivity contribution in [1.29, 1.82) is 0 Å². The van der Waals surface area contributed by atoms with Crippen LogP contribution in [0.2, 0.25) is 0 Å². The quantitative estimate of drug-likeness (QED) is 0.124. The molecule has 10 nitrogen and oxygen atoms in total. The molecule has 2 radical (unpaired) electrons. The average Bonchev–Trinajstić information content (AvgIpc) is 3.35. The molecule has 0 atom stereocenters. The van der Waals surface area contributed by atoms with E-state index in [-0.39, 0.29) is 78.8 Å². The number of hydrogen-bond donors (Lipinski definition) is 0. The Balaban J connectivity index is 0.000000448. The van der Waals surface area contributed by atoms with Gasteiger partial charge in [-0.05, 0) is 116 Å². The molecule has 0 saturated heterocycles. The summed E-state index contributed by atoms with van der Waals surface area (Å²) in [6.45, 7) is 26.4. The molecular weight excluding hydrogens is 1020 g/mol. The summed E-state index contributed by atoms with van der Waals surface area (Å²) in [6.07, 6.45) is 17.5. The summed E-state index contributed by atoms with van der Waals surface area (Å²) in [7, 11) is 0. The van der Waals surface area contributed by atoms with E-state index in [9.17, 15) is 20.4 Å². The normalized spacial score (nSPS) is 10.9. The Morgan fingerprint density at radius 1 is 0.297 bits per heavy atom. The van der Waals surface area contributed by atoms with Crippen molar-refractivity contribution in [3.05, 3.63) is 229 Å². The van der Waals surface area contributed by atoms with Crippen LogP contribution in [-0.2, 0) is 55.8 Å². The van der Waals surface area contributed by atoms with Crippen LogP contribution in [-0.4, -0.2) is 32.4 Å². The van der Waals surface area contributed by atoms with Gasteiger partial charge >= 0.3 is 34.1 Å². The van der Waals surface area contributed by atoms with Crippen LogP contribution in [0.4, 0.5) is 11.4 Å². The summed E-state index contributed by atoms with van der Waals surface area (Å²) in [4.78, 5) is 23.8. The van der Waals surface area contributed by atoms with Gasteiger partial charge in [-0.15, -0.1) is 11.5 Å². The molecule has 8 aromatic rings. The monoisotopic (exact) mass is 1090 g/mol. The van der Waals surface area contributed by atoms with Crippen LogP contribution >= 0.6 is 0 Å². The summed E-state index contributed by atoms with van der Waals surface area (Å²) in [5.74, 6) is -0.506. The van der Waals surface area contributed by atoms with Gasteiger partial charge < -0.3 is 20.4 Å². The van der Waals surface area contributed by atoms with Gasteiger partial charge in [0.1, 0.15) is 0 Å². The molecule has 4 heterocycles. The first-order valence-corrected chi connectivity index (χ1v) is 23.7. The van der Waals surface area contributed by atoms with Crippen molar-refractivity contribution in [2.45, 2.75) is 105 Å². The van der Waals surface area contributed by atoms with Crippen LogP contribution < -0.4 is 20.4 Å². The number of benzene rings is 4. The Morgan fingerprint density at radius 3 is 0.689 bits per heavy atom. The number of rotatable bonds is 4. The number of aliphatic imine (C=N–C) groups is 2. The first-order chi connectivity index (χ1) is 34.0. The van der Waals surface area contributed by atoms with E-state index in [1.54, 1.807) is 72.8 Å². The molecule has 0 amide bonds. The van der Waals surface area contributed by atoms with Crippen LogP contribution in [0, 0.1) is 0 Å². The van der Waals surface area contributed by atoms with Crippen LogP contribution in [0.25, 0.3) is 0 Å². The van der Waals surface area contributed by atoms with Crippen molar-refractivity contribution in [2.75, 3.05) is 0 Å². The van der Waals surface area contributed by atoms with Gasteiger partial charge in [0.15, 0.2) is 0 Å². The smallest absolute Gasteiger partial charge is 0.872 e. The Labute approximate surface area is 461 Å². The first kappa shape index (κ1) is 65.1. The third-order valence-corrected chi connectivity index (χ3v) is 10.4. The molecular formula is C62H70Cu2N6O4. The second kappa shape index (κ2) is 32.3. The Kier molecular flexibility index (Phi) is 28.4. The van der Waals surface area contributed by atoms with Gasteiger partial charge in [-0.25, -0.2) is 0 Å². The van der Waals surface area contributed by atoms with E-state index < -0.39 is 0 Å². The Bertz CT molecular complexity index is 2430. The van der Waals surface area contributed by atoms with Crippen molar-refractivity contribution in [3.8, 4) is 23.0 Å². The molecule has 394 valence electrons. The van der Waals surface area contributed by atoms with Crippen LogP contribution in [0.1, 0.15) is 116 Å². The van der Waals surface area contributed by atoms with E-state index in [1.807, 2.05) is 49.6 Å². The number of hydrogen-bond acceptors (Lipinski definition) is 10. The molecule has 0 fully saturated rings. The average molecular weight is 1090 g/mol. The summed E-state index contributed by atoms with van der Waals surface area (Å²) in [6, 6.07) is 42.4. The van der Waals surface area contributed by atoms with Crippen LogP contribution in [0.5, 0.6) is 23.0 Å². The van der Waals surface area contributed by atoms with E-state index in [1.165, 1.54) is 58.9 Å². The van der Waals surface area contributed by atoms with Crippen molar-refractivity contribution in [2.24, 2.45) is 9.98 Å². The minimum absolute atomic E-state index is 0. The molecule has 8 rings (SSSR count). The maximum Gasteiger partial charge on any atom is 2.00 e. The molecule has 4 aromatic carbocycles. The van der Waals surface area contributed by atoms with E-state index in [0.29, 0.717) is 22.5 Å². The second-order valence-corrected chi connectivity index (χ2v) is 20.5. The predicted molar refractivity (Wildman–Crippen MR) is 290 cm³/mol. The molecule has 4 aromatic heterocycles. The van der Waals surface area contributed by atoms with E-state index in [2.05, 4.69) is 162 Å². The minimum Gasteiger partial charge on any atom is -0.872 e. The van der Waals surface area contributed by atoms with E-state index in [0.717, 1.165) is 0 Å². The van der Waals surface area contributed by atoms with Gasteiger partial charge in [-0.2, -0.15) is 0 Å². The molecule has 0 aliphatic rings. The van der Waals surface area contributed by atoms with Gasteiger partial charge in [-0.1, -0.05) is 180 Å². The topological polar surface area (TPSA) is 169 Å². The van der Waals surface area contributed by atoms with Crippen molar-refractivity contribution in [1.82, 2.24) is 19.9 Å². The number of pyridine rings is 4. The summed E-state index contributed by atoms with van der Waals surface area (Å²) in [5, 5.41) is 45.4. The van der Waals surface area contributed by atoms with E-state index in [4.69, 9.17) is 0 Å². The SMILES string of the molecule is CC(C)(C)c1ccncc1.CC(C)(C)c1ccncc1.CC(C)(C)c1ccncc1.CC(C)(C)c1ccncc1.[Cu+2].[Cu+2].[O-]c1ccccc1C=Nc1ccccc1[O-].[O-]c1ccccc1C=Nc1ccccc1[O-]. The summed E-state index contributed by atoms with van der Waals surface area (Å²) < 4.78 is 0. The van der Waals surface area contributed by atoms with Crippen molar-refractivity contribution < 1.29 is 54.6 Å². The first-order valence-electron chi connectivity index (χ1n) is 23.7. The second-order valence-electron chi connectivity index (χ2n) is 20.5. The minimum atomic E-state index is -0.151. The fourth-order valence-corrected chi connectivity index (χ4v) is 5.99. The van der Waals surface area contributed by atoms with Gasteiger partial charge in [-0.3, -0.25) is 29.9 Å². The number of para-hydroxylation sites is 6. The molecule has 0 unspecified atom stereocenters. The standard InChI is InChI=1S/2C13H11NO2.4C9H13N.2Cu/c2*15-12-7-3-1-5-10(12)9-14-11-6-2-4-8-13(11)16;4*1-9(2,3)8-4-6-10-7-5-8;;/h2*1-9,15-16H;4*4-7H,1-3H3;;/q;;;;;;2*+2/p-4. The zero-order chi connectivity index (χ0) is 53.2. The number of nitrogens with zero attached hydrogens (tertiary/aromatic N) is 6. The van der Waals surface area contributed by atoms with Gasteiger partial charge in [0.2, 0.25) is 0 Å².